The van der Waals surface area contributed by atoms with Crippen molar-refractivity contribution in [3.63, 3.8) is 0 Å². The van der Waals surface area contributed by atoms with Gasteiger partial charge in [0, 0.05) is 18.8 Å². The van der Waals surface area contributed by atoms with Crippen LogP contribution in [0.5, 0.6) is 0 Å². The molecule has 1 atom stereocenters. The van der Waals surface area contributed by atoms with E-state index in [4.69, 9.17) is 10.5 Å². The van der Waals surface area contributed by atoms with Gasteiger partial charge in [0.05, 0.1) is 11.3 Å². The number of aromatic nitrogens is 2. The van der Waals surface area contributed by atoms with Crippen LogP contribution in [0.4, 0.5) is 5.95 Å². The van der Waals surface area contributed by atoms with Crippen molar-refractivity contribution in [1.29, 1.82) is 0 Å². The average molecular weight is 237 g/mol. The number of rotatable bonds is 3. The molecular weight excluding hydrogens is 214 g/mol. The van der Waals surface area contributed by atoms with Crippen LogP contribution in [0.25, 0.3) is 0 Å². The molecule has 4 nitrogen and oxygen atoms in total. The van der Waals surface area contributed by atoms with Crippen LogP contribution in [0.1, 0.15) is 51.3 Å². The summed E-state index contributed by atoms with van der Waals surface area (Å²) in [5, 5.41) is 0. The van der Waals surface area contributed by atoms with E-state index < -0.39 is 0 Å². The van der Waals surface area contributed by atoms with Crippen LogP contribution in [0.3, 0.4) is 0 Å². The number of hydrogen-bond donors (Lipinski definition) is 1. The van der Waals surface area contributed by atoms with Gasteiger partial charge in [0.15, 0.2) is 0 Å². The predicted octanol–water partition coefficient (Wildman–Crippen LogP) is 2.68. The first kappa shape index (κ1) is 12.4. The van der Waals surface area contributed by atoms with Gasteiger partial charge in [-0.05, 0) is 32.6 Å². The Morgan fingerprint density at radius 1 is 1.53 bits per heavy atom. The Labute approximate surface area is 103 Å². The summed E-state index contributed by atoms with van der Waals surface area (Å²) < 4.78 is 8.11. The van der Waals surface area contributed by atoms with Gasteiger partial charge in [-0.3, -0.25) is 0 Å². The highest BCUT2D eigenvalue weighted by Crippen LogP contribution is 2.37. The van der Waals surface area contributed by atoms with Gasteiger partial charge in [-0.25, -0.2) is 4.98 Å². The molecule has 1 aliphatic heterocycles. The first-order valence-corrected chi connectivity index (χ1v) is 6.55. The van der Waals surface area contributed by atoms with E-state index in [9.17, 15) is 0 Å². The van der Waals surface area contributed by atoms with Gasteiger partial charge in [0.2, 0.25) is 5.95 Å². The summed E-state index contributed by atoms with van der Waals surface area (Å²) >= 11 is 0. The molecule has 2 heterocycles. The zero-order chi connectivity index (χ0) is 12.5. The molecule has 2 rings (SSSR count). The van der Waals surface area contributed by atoms with Crippen LogP contribution >= 0.6 is 0 Å². The molecule has 2 N–H and O–H groups in total. The minimum Gasteiger partial charge on any atom is -0.375 e. The van der Waals surface area contributed by atoms with E-state index >= 15 is 0 Å². The highest BCUT2D eigenvalue weighted by Gasteiger charge is 2.35. The molecular formula is C13H23N3O. The molecule has 96 valence electrons. The third-order valence-corrected chi connectivity index (χ3v) is 4.03. The number of nitrogen functional groups attached to an aromatic ring is 1. The molecule has 1 saturated heterocycles. The fourth-order valence-corrected chi connectivity index (χ4v) is 2.81. The second-order valence-corrected chi connectivity index (χ2v) is 5.03. The molecule has 0 spiro atoms. The van der Waals surface area contributed by atoms with Crippen LogP contribution in [-0.2, 0) is 4.74 Å². The van der Waals surface area contributed by atoms with Crippen LogP contribution in [0, 0.1) is 6.92 Å². The minimum atomic E-state index is 0.0352. The summed E-state index contributed by atoms with van der Waals surface area (Å²) in [5.41, 5.74) is 6.98. The van der Waals surface area contributed by atoms with Gasteiger partial charge in [0.1, 0.15) is 0 Å². The van der Waals surface area contributed by atoms with Crippen molar-refractivity contribution in [2.24, 2.45) is 0 Å². The topological polar surface area (TPSA) is 53.1 Å². The van der Waals surface area contributed by atoms with Crippen molar-refractivity contribution in [3.8, 4) is 0 Å². The summed E-state index contributed by atoms with van der Waals surface area (Å²) in [5.74, 6) is 0.635. The molecule has 0 amide bonds. The van der Waals surface area contributed by atoms with Gasteiger partial charge in [-0.1, -0.05) is 13.8 Å². The lowest BCUT2D eigenvalue weighted by atomic mass is 9.86. The van der Waals surface area contributed by atoms with Crippen molar-refractivity contribution >= 4 is 5.95 Å². The maximum Gasteiger partial charge on any atom is 0.200 e. The van der Waals surface area contributed by atoms with E-state index in [2.05, 4.69) is 29.6 Å². The lowest BCUT2D eigenvalue weighted by Gasteiger charge is -2.40. The smallest absolute Gasteiger partial charge is 0.200 e. The van der Waals surface area contributed by atoms with Crippen LogP contribution in [0.15, 0.2) is 6.20 Å². The number of nitrogens with zero attached hydrogens (tertiary/aromatic N) is 2. The van der Waals surface area contributed by atoms with E-state index in [0.717, 1.165) is 38.0 Å². The van der Waals surface area contributed by atoms with E-state index in [1.165, 1.54) is 0 Å². The summed E-state index contributed by atoms with van der Waals surface area (Å²) in [6.07, 6.45) is 6.25. The number of imidazole rings is 1. The summed E-state index contributed by atoms with van der Waals surface area (Å²) in [7, 11) is 0. The second kappa shape index (κ2) is 4.69. The first-order valence-electron chi connectivity index (χ1n) is 6.55. The zero-order valence-electron chi connectivity index (χ0n) is 11.1. The average Bonchev–Trinajstić information content (AvgIpc) is 2.68. The number of nitrogens with two attached hydrogens (primary N) is 1. The predicted molar refractivity (Wildman–Crippen MR) is 68.9 cm³/mol. The third kappa shape index (κ3) is 2.32. The molecule has 1 aromatic heterocycles. The monoisotopic (exact) mass is 237 g/mol. The van der Waals surface area contributed by atoms with Gasteiger partial charge in [-0.2, -0.15) is 0 Å². The SMILES string of the molecule is CCC1(CC)CC(n2cc(C)nc2N)CCO1. The van der Waals surface area contributed by atoms with Crippen LogP contribution < -0.4 is 5.73 Å². The molecule has 1 unspecified atom stereocenters. The van der Waals surface area contributed by atoms with Crippen LogP contribution in [0.2, 0.25) is 0 Å². The van der Waals surface area contributed by atoms with Crippen molar-refractivity contribution in [2.45, 2.75) is 58.1 Å². The fourth-order valence-electron chi connectivity index (χ4n) is 2.81. The van der Waals surface area contributed by atoms with Gasteiger partial charge >= 0.3 is 0 Å². The number of aryl methyl sites for hydroxylation is 1. The number of anilines is 1. The maximum atomic E-state index is 5.99. The molecule has 0 bridgehead atoms. The highest BCUT2D eigenvalue weighted by molar-refractivity contribution is 5.22. The standard InChI is InChI=1S/C13H23N3O/c1-4-13(5-2)8-11(6-7-17-13)16-9-10(3)15-12(16)14/h9,11H,4-8H2,1-3H3,(H2,14,15). The molecule has 1 aromatic rings. The normalized spacial score (nSPS) is 23.8. The highest BCUT2D eigenvalue weighted by atomic mass is 16.5. The number of hydrogen-bond acceptors (Lipinski definition) is 3. The summed E-state index contributed by atoms with van der Waals surface area (Å²) in [6.45, 7) is 7.21. The molecule has 1 fully saturated rings. The first-order chi connectivity index (χ1) is 8.10. The summed E-state index contributed by atoms with van der Waals surface area (Å²) in [6, 6.07) is 0.435. The van der Waals surface area contributed by atoms with Gasteiger partial charge < -0.3 is 15.0 Å². The Morgan fingerprint density at radius 2 is 2.24 bits per heavy atom. The summed E-state index contributed by atoms with van der Waals surface area (Å²) in [4.78, 5) is 4.29. The molecule has 0 radical (unpaired) electrons. The molecule has 0 aromatic carbocycles. The quantitative estimate of drug-likeness (QED) is 0.879. The molecule has 0 saturated carbocycles. The maximum absolute atomic E-state index is 5.99. The molecule has 4 heteroatoms. The van der Waals surface area contributed by atoms with E-state index in [-0.39, 0.29) is 5.60 Å². The second-order valence-electron chi connectivity index (χ2n) is 5.03. The number of ether oxygens (including phenoxy) is 1. The van der Waals surface area contributed by atoms with Crippen molar-refractivity contribution in [2.75, 3.05) is 12.3 Å². The van der Waals surface area contributed by atoms with E-state index in [1.54, 1.807) is 0 Å². The Balaban J connectivity index is 2.20. The van der Waals surface area contributed by atoms with E-state index in [1.807, 2.05) is 6.92 Å². The Bertz CT molecular complexity index is 382. The van der Waals surface area contributed by atoms with Crippen LogP contribution in [-0.4, -0.2) is 21.8 Å². The molecule has 17 heavy (non-hydrogen) atoms. The Kier molecular flexibility index (Phi) is 3.43. The van der Waals surface area contributed by atoms with E-state index in [0.29, 0.717) is 12.0 Å². The lowest BCUT2D eigenvalue weighted by Crippen LogP contribution is -2.39. The molecule has 0 aliphatic carbocycles. The third-order valence-electron chi connectivity index (χ3n) is 4.03. The van der Waals surface area contributed by atoms with Gasteiger partial charge in [0.25, 0.3) is 0 Å². The minimum absolute atomic E-state index is 0.0352. The van der Waals surface area contributed by atoms with Crippen molar-refractivity contribution in [3.05, 3.63) is 11.9 Å². The Hall–Kier alpha value is -1.03. The van der Waals surface area contributed by atoms with Gasteiger partial charge in [-0.15, -0.1) is 0 Å². The Morgan fingerprint density at radius 3 is 2.76 bits per heavy atom. The lowest BCUT2D eigenvalue weighted by molar-refractivity contribution is -0.0984. The largest absolute Gasteiger partial charge is 0.375 e. The fraction of sp³-hybridized carbons (Fsp3) is 0.769. The van der Waals surface area contributed by atoms with Crippen molar-refractivity contribution < 1.29 is 4.74 Å². The zero-order valence-corrected chi connectivity index (χ0v) is 11.1. The van der Waals surface area contributed by atoms with Crippen molar-refractivity contribution in [1.82, 2.24) is 9.55 Å². The molecule has 1 aliphatic rings.